The second-order valence-corrected chi connectivity index (χ2v) is 10.3. The van der Waals surface area contributed by atoms with E-state index in [0.717, 1.165) is 24.2 Å². The van der Waals surface area contributed by atoms with Crippen LogP contribution in [-0.2, 0) is 16.2 Å². The van der Waals surface area contributed by atoms with Gasteiger partial charge in [0.2, 0.25) is 0 Å². The van der Waals surface area contributed by atoms with Gasteiger partial charge in [0, 0.05) is 19.3 Å². The summed E-state index contributed by atoms with van der Waals surface area (Å²) in [5, 5.41) is 11.7. The van der Waals surface area contributed by atoms with Crippen molar-refractivity contribution in [3.8, 4) is 5.75 Å². The van der Waals surface area contributed by atoms with E-state index in [2.05, 4.69) is 18.7 Å². The van der Waals surface area contributed by atoms with Gasteiger partial charge in [0.15, 0.2) is 5.76 Å². The summed E-state index contributed by atoms with van der Waals surface area (Å²) in [5.74, 6) is -0.997. The molecule has 1 aliphatic heterocycles. The van der Waals surface area contributed by atoms with Crippen LogP contribution in [0.15, 0.2) is 78.5 Å². The highest BCUT2D eigenvalue weighted by Gasteiger charge is 2.46. The van der Waals surface area contributed by atoms with Gasteiger partial charge in [0.05, 0.1) is 17.3 Å². The summed E-state index contributed by atoms with van der Waals surface area (Å²) in [4.78, 5) is 35.5. The number of ether oxygens (including phenoxy) is 1. The average molecular weight is 553 g/mol. The molecule has 2 aromatic heterocycles. The molecule has 1 N–H and O–H groups in total. The SMILES string of the molecule is CCN(CC)CCN1C(=O)C(=O)C(=C(O)c2nc3c(C)cccn3c2C)C1c1cccc(OCc2ccccc2)c1. The van der Waals surface area contributed by atoms with Crippen molar-refractivity contribution in [2.45, 2.75) is 40.3 Å². The number of Topliss-reactive ketones (excluding diaryl/α,β-unsaturated/α-hetero) is 1. The summed E-state index contributed by atoms with van der Waals surface area (Å²) >= 11 is 0. The molecule has 8 nitrogen and oxygen atoms in total. The molecule has 5 rings (SSSR count). The van der Waals surface area contributed by atoms with E-state index >= 15 is 0 Å². The van der Waals surface area contributed by atoms with Crippen molar-refractivity contribution in [2.75, 3.05) is 26.2 Å². The molecular weight excluding hydrogens is 516 g/mol. The average Bonchev–Trinajstić information content (AvgIpc) is 3.47. The van der Waals surface area contributed by atoms with Gasteiger partial charge in [-0.25, -0.2) is 4.98 Å². The quantitative estimate of drug-likeness (QED) is 0.163. The Balaban J connectivity index is 1.59. The number of hydrogen-bond donors (Lipinski definition) is 1. The number of aryl methyl sites for hydroxylation is 2. The smallest absolute Gasteiger partial charge is 0.295 e. The molecule has 1 amide bonds. The lowest BCUT2D eigenvalue weighted by Crippen LogP contribution is -2.38. The van der Waals surface area contributed by atoms with Crippen molar-refractivity contribution < 1.29 is 19.4 Å². The molecule has 0 saturated carbocycles. The van der Waals surface area contributed by atoms with E-state index in [1.165, 1.54) is 0 Å². The van der Waals surface area contributed by atoms with Gasteiger partial charge in [-0.3, -0.25) is 9.59 Å². The van der Waals surface area contributed by atoms with E-state index in [0.29, 0.717) is 48.0 Å². The fourth-order valence-corrected chi connectivity index (χ4v) is 5.44. The van der Waals surface area contributed by atoms with Gasteiger partial charge in [0.1, 0.15) is 23.7 Å². The van der Waals surface area contributed by atoms with Crippen LogP contribution in [0, 0.1) is 13.8 Å². The summed E-state index contributed by atoms with van der Waals surface area (Å²) < 4.78 is 7.96. The third-order valence-electron chi connectivity index (χ3n) is 7.82. The van der Waals surface area contributed by atoms with Gasteiger partial charge in [-0.05, 0) is 61.8 Å². The number of amides is 1. The van der Waals surface area contributed by atoms with Gasteiger partial charge in [-0.15, -0.1) is 0 Å². The lowest BCUT2D eigenvalue weighted by Gasteiger charge is -2.28. The van der Waals surface area contributed by atoms with Crippen LogP contribution in [0.25, 0.3) is 11.4 Å². The third-order valence-corrected chi connectivity index (χ3v) is 7.82. The fraction of sp³-hybridized carbons (Fsp3) is 0.303. The Morgan fingerprint density at radius 3 is 2.46 bits per heavy atom. The van der Waals surface area contributed by atoms with Crippen molar-refractivity contribution in [2.24, 2.45) is 0 Å². The van der Waals surface area contributed by atoms with Gasteiger partial charge in [0.25, 0.3) is 11.7 Å². The molecule has 41 heavy (non-hydrogen) atoms. The summed E-state index contributed by atoms with van der Waals surface area (Å²) in [6.45, 7) is 10.9. The maximum atomic E-state index is 13.6. The van der Waals surface area contributed by atoms with Gasteiger partial charge >= 0.3 is 0 Å². The first-order valence-corrected chi connectivity index (χ1v) is 14.1. The number of aliphatic hydroxyl groups is 1. The first-order valence-electron chi connectivity index (χ1n) is 14.1. The van der Waals surface area contributed by atoms with Crippen LogP contribution in [-0.4, -0.2) is 62.2 Å². The number of imidazole rings is 1. The Bertz CT molecular complexity index is 1600. The van der Waals surface area contributed by atoms with E-state index in [9.17, 15) is 14.7 Å². The monoisotopic (exact) mass is 552 g/mol. The number of rotatable bonds is 10. The van der Waals surface area contributed by atoms with Gasteiger partial charge < -0.3 is 24.0 Å². The summed E-state index contributed by atoms with van der Waals surface area (Å²) in [6, 6.07) is 20.3. The Morgan fingerprint density at radius 1 is 1.00 bits per heavy atom. The minimum Gasteiger partial charge on any atom is -0.505 e. The third kappa shape index (κ3) is 5.47. The molecule has 1 atom stereocenters. The number of carbonyl (C=O) groups is 2. The minimum atomic E-state index is -0.781. The molecule has 1 saturated heterocycles. The molecule has 212 valence electrons. The van der Waals surface area contributed by atoms with Crippen molar-refractivity contribution in [1.82, 2.24) is 19.2 Å². The maximum absolute atomic E-state index is 13.6. The molecule has 0 bridgehead atoms. The van der Waals surface area contributed by atoms with E-state index in [1.807, 2.05) is 91.2 Å². The van der Waals surface area contributed by atoms with Crippen LogP contribution in [0.5, 0.6) is 5.75 Å². The Labute approximate surface area is 240 Å². The first kappa shape index (κ1) is 28.1. The Kier molecular flexibility index (Phi) is 8.21. The lowest BCUT2D eigenvalue weighted by atomic mass is 9.96. The standard InChI is InChI=1S/C33H36N4O4/c1-5-35(6-2)18-19-37-29(25-15-10-16-26(20-25)41-21-24-13-8-7-9-14-24)27(31(39)33(37)40)30(38)28-23(4)36-17-11-12-22(3)32(36)34-28/h7-17,20,29,38H,5-6,18-19,21H2,1-4H3. The van der Waals surface area contributed by atoms with Crippen LogP contribution in [0.4, 0.5) is 0 Å². The molecule has 1 fully saturated rings. The van der Waals surface area contributed by atoms with Crippen molar-refractivity contribution in [3.05, 3.63) is 107 Å². The first-order chi connectivity index (χ1) is 19.8. The highest BCUT2D eigenvalue weighted by molar-refractivity contribution is 6.46. The van der Waals surface area contributed by atoms with Crippen LogP contribution in [0.2, 0.25) is 0 Å². The summed E-state index contributed by atoms with van der Waals surface area (Å²) in [5.41, 5.74) is 4.37. The summed E-state index contributed by atoms with van der Waals surface area (Å²) in [6.07, 6.45) is 1.87. The highest BCUT2D eigenvalue weighted by Crippen LogP contribution is 2.40. The number of likely N-dealkylation sites (tertiary alicyclic amines) is 1. The number of ketones is 1. The molecule has 3 heterocycles. The van der Waals surface area contributed by atoms with Crippen LogP contribution in [0.1, 0.15) is 48.0 Å². The van der Waals surface area contributed by atoms with E-state index in [4.69, 9.17) is 9.72 Å². The Morgan fingerprint density at radius 2 is 1.76 bits per heavy atom. The van der Waals surface area contributed by atoms with Gasteiger partial charge in [-0.2, -0.15) is 0 Å². The number of aromatic nitrogens is 2. The zero-order chi connectivity index (χ0) is 29.1. The number of likely N-dealkylation sites (N-methyl/N-ethyl adjacent to an activating group) is 1. The fourth-order valence-electron chi connectivity index (χ4n) is 5.44. The normalized spacial score (nSPS) is 16.7. The second-order valence-electron chi connectivity index (χ2n) is 10.3. The number of carbonyl (C=O) groups excluding carboxylic acids is 2. The van der Waals surface area contributed by atoms with Crippen LogP contribution in [0.3, 0.4) is 0 Å². The lowest BCUT2D eigenvalue weighted by molar-refractivity contribution is -0.140. The van der Waals surface area contributed by atoms with Crippen molar-refractivity contribution in [1.29, 1.82) is 0 Å². The second kappa shape index (κ2) is 12.0. The summed E-state index contributed by atoms with van der Waals surface area (Å²) in [7, 11) is 0. The number of hydrogen-bond acceptors (Lipinski definition) is 6. The molecule has 2 aromatic carbocycles. The molecule has 8 heteroatoms. The largest absolute Gasteiger partial charge is 0.505 e. The molecule has 1 unspecified atom stereocenters. The zero-order valence-electron chi connectivity index (χ0n) is 24.0. The van der Waals surface area contributed by atoms with E-state index in [1.54, 1.807) is 4.90 Å². The number of nitrogens with zero attached hydrogens (tertiary/aromatic N) is 4. The molecule has 0 aliphatic carbocycles. The Hall–Kier alpha value is -4.43. The molecule has 0 spiro atoms. The maximum Gasteiger partial charge on any atom is 0.295 e. The van der Waals surface area contributed by atoms with E-state index in [-0.39, 0.29) is 11.3 Å². The number of benzene rings is 2. The number of fused-ring (bicyclic) bond motifs is 1. The molecule has 1 aliphatic rings. The predicted molar refractivity (Wildman–Crippen MR) is 159 cm³/mol. The highest BCUT2D eigenvalue weighted by atomic mass is 16.5. The van der Waals surface area contributed by atoms with Crippen molar-refractivity contribution >= 4 is 23.1 Å². The topological polar surface area (TPSA) is 87.4 Å². The van der Waals surface area contributed by atoms with Gasteiger partial charge in [-0.1, -0.05) is 62.4 Å². The van der Waals surface area contributed by atoms with Crippen molar-refractivity contribution in [3.63, 3.8) is 0 Å². The molecule has 4 aromatic rings. The number of pyridine rings is 1. The minimum absolute atomic E-state index is 0.0407. The molecular formula is C33H36N4O4. The predicted octanol–water partition coefficient (Wildman–Crippen LogP) is 5.29. The van der Waals surface area contributed by atoms with Crippen LogP contribution < -0.4 is 4.74 Å². The number of aliphatic hydroxyl groups excluding tert-OH is 1. The molecule has 0 radical (unpaired) electrons. The zero-order valence-corrected chi connectivity index (χ0v) is 24.0. The van der Waals surface area contributed by atoms with Crippen LogP contribution >= 0.6 is 0 Å². The van der Waals surface area contributed by atoms with E-state index < -0.39 is 17.7 Å².